The highest BCUT2D eigenvalue weighted by molar-refractivity contribution is 5.93. The Bertz CT molecular complexity index is 715. The van der Waals surface area contributed by atoms with Gasteiger partial charge in [-0.2, -0.15) is 0 Å². The van der Waals surface area contributed by atoms with Gasteiger partial charge in [0.1, 0.15) is 5.58 Å². The molecule has 1 aliphatic rings. The average Bonchev–Trinajstić information content (AvgIpc) is 3.25. The fraction of sp³-hybridized carbons (Fsp3) is 0.333. The first-order chi connectivity index (χ1) is 9.63. The standard InChI is InChI=1S/C15H15NO4/c17-9-15(5-6-15)8-16-14(19)13-7-11(18)10-3-1-2-4-12(10)20-13/h1-4,7,17H,5-6,8-9H2,(H,16,19). The summed E-state index contributed by atoms with van der Waals surface area (Å²) in [5.74, 6) is -0.421. The largest absolute Gasteiger partial charge is 0.451 e. The van der Waals surface area contributed by atoms with Crippen LogP contribution in [-0.2, 0) is 0 Å². The number of hydrogen-bond donors (Lipinski definition) is 2. The van der Waals surface area contributed by atoms with Gasteiger partial charge in [-0.1, -0.05) is 12.1 Å². The molecule has 1 saturated carbocycles. The molecule has 0 atom stereocenters. The minimum Gasteiger partial charge on any atom is -0.451 e. The number of carbonyl (C=O) groups is 1. The summed E-state index contributed by atoms with van der Waals surface area (Å²) in [6.07, 6.45) is 1.82. The molecule has 1 fully saturated rings. The monoisotopic (exact) mass is 273 g/mol. The molecule has 20 heavy (non-hydrogen) atoms. The Labute approximate surface area is 115 Å². The molecule has 1 amide bonds. The zero-order valence-corrected chi connectivity index (χ0v) is 10.9. The van der Waals surface area contributed by atoms with E-state index in [2.05, 4.69) is 5.32 Å². The Balaban J connectivity index is 1.83. The highest BCUT2D eigenvalue weighted by Gasteiger charge is 2.42. The second-order valence-corrected chi connectivity index (χ2v) is 5.31. The predicted octanol–water partition coefficient (Wildman–Crippen LogP) is 1.30. The SMILES string of the molecule is O=C(NCC1(CO)CC1)c1cc(=O)c2ccccc2o1. The first-order valence-corrected chi connectivity index (χ1v) is 6.56. The van der Waals surface area contributed by atoms with Crippen LogP contribution in [-0.4, -0.2) is 24.2 Å². The van der Waals surface area contributed by atoms with Gasteiger partial charge in [0.15, 0.2) is 11.2 Å². The van der Waals surface area contributed by atoms with Crippen LogP contribution in [0, 0.1) is 5.41 Å². The first-order valence-electron chi connectivity index (χ1n) is 6.56. The molecule has 0 radical (unpaired) electrons. The lowest BCUT2D eigenvalue weighted by atomic mass is 10.1. The van der Waals surface area contributed by atoms with Crippen LogP contribution in [0.25, 0.3) is 11.0 Å². The van der Waals surface area contributed by atoms with E-state index in [0.717, 1.165) is 12.8 Å². The van der Waals surface area contributed by atoms with Crippen molar-refractivity contribution in [2.45, 2.75) is 12.8 Å². The average molecular weight is 273 g/mol. The number of carbonyl (C=O) groups excluding carboxylic acids is 1. The lowest BCUT2D eigenvalue weighted by Crippen LogP contribution is -2.32. The molecule has 0 unspecified atom stereocenters. The maximum absolute atomic E-state index is 12.0. The van der Waals surface area contributed by atoms with Crippen molar-refractivity contribution in [2.24, 2.45) is 5.41 Å². The molecule has 0 saturated heterocycles. The van der Waals surface area contributed by atoms with Crippen molar-refractivity contribution in [3.63, 3.8) is 0 Å². The van der Waals surface area contributed by atoms with E-state index in [1.807, 2.05) is 0 Å². The number of fused-ring (bicyclic) bond motifs is 1. The number of benzene rings is 1. The summed E-state index contributed by atoms with van der Waals surface area (Å²) in [6.45, 7) is 0.466. The van der Waals surface area contributed by atoms with Crippen LogP contribution in [0.3, 0.4) is 0 Å². The lowest BCUT2D eigenvalue weighted by Gasteiger charge is -2.12. The van der Waals surface area contributed by atoms with E-state index in [1.165, 1.54) is 6.07 Å². The number of aliphatic hydroxyl groups is 1. The molecule has 5 nitrogen and oxygen atoms in total. The normalized spacial score (nSPS) is 16.1. The van der Waals surface area contributed by atoms with Gasteiger partial charge in [0.2, 0.25) is 0 Å². The molecule has 0 bridgehead atoms. The van der Waals surface area contributed by atoms with Crippen molar-refractivity contribution in [3.05, 3.63) is 46.3 Å². The Kier molecular flexibility index (Phi) is 3.06. The number of hydrogen-bond acceptors (Lipinski definition) is 4. The molecule has 1 heterocycles. The van der Waals surface area contributed by atoms with Crippen LogP contribution in [0.2, 0.25) is 0 Å². The first kappa shape index (κ1) is 12.9. The van der Waals surface area contributed by atoms with Crippen LogP contribution >= 0.6 is 0 Å². The minimum absolute atomic E-state index is 0.00226. The number of para-hydroxylation sites is 1. The van der Waals surface area contributed by atoms with Gasteiger partial charge in [-0.15, -0.1) is 0 Å². The molecule has 5 heteroatoms. The van der Waals surface area contributed by atoms with Gasteiger partial charge in [-0.25, -0.2) is 0 Å². The van der Waals surface area contributed by atoms with E-state index in [-0.39, 0.29) is 23.2 Å². The van der Waals surface area contributed by atoms with E-state index in [4.69, 9.17) is 4.42 Å². The topological polar surface area (TPSA) is 79.5 Å². The van der Waals surface area contributed by atoms with Crippen molar-refractivity contribution in [2.75, 3.05) is 13.2 Å². The fourth-order valence-corrected chi connectivity index (χ4v) is 2.14. The summed E-state index contributed by atoms with van der Waals surface area (Å²) in [5.41, 5.74) is -0.0129. The molecule has 104 valence electrons. The van der Waals surface area contributed by atoms with E-state index in [9.17, 15) is 14.7 Å². The maximum Gasteiger partial charge on any atom is 0.287 e. The fourth-order valence-electron chi connectivity index (χ4n) is 2.14. The number of aliphatic hydroxyl groups excluding tert-OH is 1. The molecule has 1 aliphatic carbocycles. The third-order valence-electron chi connectivity index (χ3n) is 3.77. The number of nitrogens with one attached hydrogen (secondary N) is 1. The Morgan fingerprint density at radius 1 is 1.35 bits per heavy atom. The summed E-state index contributed by atoms with van der Waals surface area (Å²) in [6, 6.07) is 8.02. The highest BCUT2D eigenvalue weighted by Crippen LogP contribution is 2.44. The molecule has 3 rings (SSSR count). The highest BCUT2D eigenvalue weighted by atomic mass is 16.3. The Morgan fingerprint density at radius 2 is 2.10 bits per heavy atom. The van der Waals surface area contributed by atoms with Crippen LogP contribution < -0.4 is 10.7 Å². The third kappa shape index (κ3) is 2.32. The van der Waals surface area contributed by atoms with E-state index < -0.39 is 5.91 Å². The van der Waals surface area contributed by atoms with Gasteiger partial charge in [0, 0.05) is 18.0 Å². The van der Waals surface area contributed by atoms with Crippen LogP contribution in [0.5, 0.6) is 0 Å². The summed E-state index contributed by atoms with van der Waals surface area (Å²) in [7, 11) is 0. The third-order valence-corrected chi connectivity index (χ3v) is 3.77. The van der Waals surface area contributed by atoms with Crippen molar-refractivity contribution in [1.29, 1.82) is 0 Å². The van der Waals surface area contributed by atoms with Gasteiger partial charge in [-0.05, 0) is 25.0 Å². The van der Waals surface area contributed by atoms with Crippen LogP contribution in [0.4, 0.5) is 0 Å². The smallest absolute Gasteiger partial charge is 0.287 e. The van der Waals surface area contributed by atoms with E-state index in [0.29, 0.717) is 17.5 Å². The molecule has 0 aliphatic heterocycles. The molecule has 1 aromatic carbocycles. The van der Waals surface area contributed by atoms with Crippen molar-refractivity contribution < 1.29 is 14.3 Å². The summed E-state index contributed by atoms with van der Waals surface area (Å²) in [5, 5.41) is 12.4. The second kappa shape index (κ2) is 4.76. The maximum atomic E-state index is 12.0. The second-order valence-electron chi connectivity index (χ2n) is 5.31. The van der Waals surface area contributed by atoms with Crippen molar-refractivity contribution >= 4 is 16.9 Å². The molecular formula is C15H15NO4. The molecular weight excluding hydrogens is 258 g/mol. The lowest BCUT2D eigenvalue weighted by molar-refractivity contribution is 0.0908. The van der Waals surface area contributed by atoms with Gasteiger partial charge < -0.3 is 14.8 Å². The predicted molar refractivity (Wildman–Crippen MR) is 73.6 cm³/mol. The van der Waals surface area contributed by atoms with Crippen LogP contribution in [0.1, 0.15) is 23.4 Å². The molecule has 0 spiro atoms. The van der Waals surface area contributed by atoms with Crippen molar-refractivity contribution in [3.8, 4) is 0 Å². The van der Waals surface area contributed by atoms with E-state index in [1.54, 1.807) is 24.3 Å². The number of rotatable bonds is 4. The van der Waals surface area contributed by atoms with Crippen molar-refractivity contribution in [1.82, 2.24) is 5.32 Å². The van der Waals surface area contributed by atoms with Gasteiger partial charge in [0.25, 0.3) is 5.91 Å². The molecule has 1 aromatic heterocycles. The quantitative estimate of drug-likeness (QED) is 0.880. The van der Waals surface area contributed by atoms with E-state index >= 15 is 0 Å². The molecule has 2 N–H and O–H groups in total. The Hall–Kier alpha value is -2.14. The van der Waals surface area contributed by atoms with Crippen LogP contribution in [0.15, 0.2) is 39.5 Å². The Morgan fingerprint density at radius 3 is 2.80 bits per heavy atom. The summed E-state index contributed by atoms with van der Waals surface area (Å²) in [4.78, 5) is 23.9. The van der Waals surface area contributed by atoms with Gasteiger partial charge in [0.05, 0.1) is 12.0 Å². The zero-order valence-electron chi connectivity index (χ0n) is 10.9. The zero-order chi connectivity index (χ0) is 14.2. The van der Waals surface area contributed by atoms with Gasteiger partial charge in [-0.3, -0.25) is 9.59 Å². The van der Waals surface area contributed by atoms with Gasteiger partial charge >= 0.3 is 0 Å². The molecule has 2 aromatic rings. The number of amides is 1. The summed E-state index contributed by atoms with van der Waals surface area (Å²) >= 11 is 0. The summed E-state index contributed by atoms with van der Waals surface area (Å²) < 4.78 is 5.45. The minimum atomic E-state index is -0.424.